The molecule has 0 aliphatic carbocycles. The van der Waals surface area contributed by atoms with E-state index < -0.39 is 23.5 Å². The average molecular weight is 375 g/mol. The summed E-state index contributed by atoms with van der Waals surface area (Å²) in [6.45, 7) is 3.10. The van der Waals surface area contributed by atoms with Gasteiger partial charge in [-0.3, -0.25) is 4.68 Å². The fraction of sp³-hybridized carbons (Fsp3) is 0.278. The second-order valence-corrected chi connectivity index (χ2v) is 6.26. The third-order valence-corrected chi connectivity index (χ3v) is 3.73. The summed E-state index contributed by atoms with van der Waals surface area (Å²) >= 11 is 0. The summed E-state index contributed by atoms with van der Waals surface area (Å²) in [4.78, 5) is 23.9. The van der Waals surface area contributed by atoms with Crippen LogP contribution in [-0.4, -0.2) is 27.5 Å². The molecule has 142 valence electrons. The van der Waals surface area contributed by atoms with Crippen LogP contribution in [0.5, 0.6) is 5.75 Å². The molecule has 1 aromatic carbocycles. The van der Waals surface area contributed by atoms with Crippen LogP contribution >= 0.6 is 0 Å². The lowest BCUT2D eigenvalue weighted by Crippen LogP contribution is -2.42. The van der Waals surface area contributed by atoms with Crippen LogP contribution in [0, 0.1) is 5.82 Å². The maximum atomic E-state index is 13.6. The van der Waals surface area contributed by atoms with Crippen molar-refractivity contribution >= 4 is 17.6 Å². The number of cyclic esters (lactones) is 2. The van der Waals surface area contributed by atoms with Crippen LogP contribution in [-0.2, 0) is 32.7 Å². The first-order valence-corrected chi connectivity index (χ1v) is 8.08. The summed E-state index contributed by atoms with van der Waals surface area (Å²) in [6.07, 6.45) is 2.74. The lowest BCUT2D eigenvalue weighted by atomic mass is 10.2. The van der Waals surface area contributed by atoms with Crippen molar-refractivity contribution in [3.8, 4) is 5.75 Å². The van der Waals surface area contributed by atoms with E-state index in [4.69, 9.17) is 14.2 Å². The van der Waals surface area contributed by atoms with E-state index in [9.17, 15) is 14.0 Å². The topological polar surface area (TPSA) is 91.7 Å². The van der Waals surface area contributed by atoms with Gasteiger partial charge in [0.15, 0.2) is 5.57 Å². The third-order valence-electron chi connectivity index (χ3n) is 3.73. The summed E-state index contributed by atoms with van der Waals surface area (Å²) in [5.41, 5.74) is 0.705. The fourth-order valence-electron chi connectivity index (χ4n) is 2.36. The van der Waals surface area contributed by atoms with Gasteiger partial charge in [-0.15, -0.1) is 0 Å². The highest BCUT2D eigenvalue weighted by Gasteiger charge is 2.39. The highest BCUT2D eigenvalue weighted by molar-refractivity contribution is 6.15. The minimum absolute atomic E-state index is 0.200. The van der Waals surface area contributed by atoms with Gasteiger partial charge in [0.25, 0.3) is 5.79 Å². The zero-order valence-electron chi connectivity index (χ0n) is 15.0. The first-order chi connectivity index (χ1) is 12.7. The van der Waals surface area contributed by atoms with Gasteiger partial charge in [0.05, 0.1) is 11.4 Å². The number of halogens is 1. The van der Waals surface area contributed by atoms with Crippen LogP contribution in [0.25, 0.3) is 0 Å². The zero-order chi connectivity index (χ0) is 19.6. The highest BCUT2D eigenvalue weighted by Crippen LogP contribution is 2.28. The number of carbonyl (C=O) groups is 2. The maximum absolute atomic E-state index is 13.6. The van der Waals surface area contributed by atoms with E-state index in [1.54, 1.807) is 24.0 Å². The summed E-state index contributed by atoms with van der Waals surface area (Å²) in [7, 11) is 1.77. The Balaban J connectivity index is 1.78. The van der Waals surface area contributed by atoms with E-state index in [0.717, 1.165) is 11.9 Å². The van der Waals surface area contributed by atoms with Gasteiger partial charge in [-0.1, -0.05) is 0 Å². The van der Waals surface area contributed by atoms with Crippen molar-refractivity contribution in [2.75, 3.05) is 5.32 Å². The zero-order valence-corrected chi connectivity index (χ0v) is 15.0. The number of aryl methyl sites for hydroxylation is 1. The fourth-order valence-corrected chi connectivity index (χ4v) is 2.36. The van der Waals surface area contributed by atoms with E-state index in [1.165, 1.54) is 32.0 Å². The quantitative estimate of drug-likeness (QED) is 0.487. The molecule has 1 aromatic heterocycles. The first-order valence-electron chi connectivity index (χ1n) is 8.08. The van der Waals surface area contributed by atoms with Gasteiger partial charge in [-0.25, -0.2) is 14.0 Å². The number of carbonyl (C=O) groups excluding carboxylic acids is 2. The monoisotopic (exact) mass is 375 g/mol. The molecule has 1 aliphatic heterocycles. The minimum atomic E-state index is -1.33. The molecule has 27 heavy (non-hydrogen) atoms. The molecule has 1 aliphatic rings. The van der Waals surface area contributed by atoms with Crippen molar-refractivity contribution in [2.24, 2.45) is 7.05 Å². The molecule has 0 bridgehead atoms. The van der Waals surface area contributed by atoms with E-state index in [1.807, 2.05) is 0 Å². The molecule has 0 unspecified atom stereocenters. The number of esters is 2. The number of anilines is 1. The lowest BCUT2D eigenvalue weighted by molar-refractivity contribution is -0.222. The van der Waals surface area contributed by atoms with Crippen LogP contribution < -0.4 is 10.1 Å². The van der Waals surface area contributed by atoms with Gasteiger partial charge in [0.1, 0.15) is 18.2 Å². The molecule has 1 fully saturated rings. The highest BCUT2D eigenvalue weighted by atomic mass is 19.1. The van der Waals surface area contributed by atoms with E-state index in [0.29, 0.717) is 5.75 Å². The molecule has 3 rings (SSSR count). The number of aromatic nitrogens is 2. The Labute approximate surface area is 154 Å². The van der Waals surface area contributed by atoms with Crippen molar-refractivity contribution < 1.29 is 28.2 Å². The van der Waals surface area contributed by atoms with Crippen LogP contribution in [0.15, 0.2) is 42.2 Å². The van der Waals surface area contributed by atoms with Gasteiger partial charge in [0.2, 0.25) is 0 Å². The molecule has 2 heterocycles. The number of rotatable bonds is 5. The van der Waals surface area contributed by atoms with Crippen molar-refractivity contribution in [3.05, 3.63) is 53.7 Å². The van der Waals surface area contributed by atoms with Crippen molar-refractivity contribution in [1.29, 1.82) is 0 Å². The first kappa shape index (κ1) is 18.4. The smallest absolute Gasteiger partial charge is 0.350 e. The molecule has 9 heteroatoms. The van der Waals surface area contributed by atoms with Gasteiger partial charge in [-0.2, -0.15) is 5.10 Å². The van der Waals surface area contributed by atoms with Crippen LogP contribution in [0.2, 0.25) is 0 Å². The van der Waals surface area contributed by atoms with E-state index >= 15 is 0 Å². The Morgan fingerprint density at radius 2 is 1.96 bits per heavy atom. The molecular formula is C18H18FN3O5. The maximum Gasteiger partial charge on any atom is 0.350 e. The molecule has 2 aromatic rings. The number of ether oxygens (including phenoxy) is 3. The molecule has 0 spiro atoms. The SMILES string of the molecule is Cn1nccc1COc1ccc(F)cc1NC=C1C(=O)OC(C)(C)OC1=O. The summed E-state index contributed by atoms with van der Waals surface area (Å²) in [5.74, 6) is -3.19. The molecule has 1 N–H and O–H groups in total. The number of benzene rings is 1. The molecule has 0 radical (unpaired) electrons. The molecular weight excluding hydrogens is 357 g/mol. The molecule has 0 saturated carbocycles. The second-order valence-electron chi connectivity index (χ2n) is 6.26. The Bertz CT molecular complexity index is 897. The van der Waals surface area contributed by atoms with E-state index in [2.05, 4.69) is 10.4 Å². The van der Waals surface area contributed by atoms with Crippen LogP contribution in [0.3, 0.4) is 0 Å². The Hall–Kier alpha value is -3.36. The number of nitrogens with zero attached hydrogens (tertiary/aromatic N) is 2. The average Bonchev–Trinajstić information content (AvgIpc) is 2.97. The molecule has 1 saturated heterocycles. The minimum Gasteiger partial charge on any atom is -0.485 e. The van der Waals surface area contributed by atoms with E-state index in [-0.39, 0.29) is 17.9 Å². The van der Waals surface area contributed by atoms with Crippen LogP contribution in [0.1, 0.15) is 19.5 Å². The normalized spacial score (nSPS) is 15.8. The summed E-state index contributed by atoms with van der Waals surface area (Å²) in [6, 6.07) is 5.64. The lowest BCUT2D eigenvalue weighted by Gasteiger charge is -2.29. The van der Waals surface area contributed by atoms with Gasteiger partial charge >= 0.3 is 11.9 Å². The number of hydrogen-bond donors (Lipinski definition) is 1. The molecule has 8 nitrogen and oxygen atoms in total. The van der Waals surface area contributed by atoms with Crippen LogP contribution in [0.4, 0.5) is 10.1 Å². The Kier molecular flexibility index (Phi) is 4.85. The van der Waals surface area contributed by atoms with Crippen molar-refractivity contribution in [3.63, 3.8) is 0 Å². The van der Waals surface area contributed by atoms with Gasteiger partial charge in [-0.05, 0) is 18.2 Å². The summed E-state index contributed by atoms with van der Waals surface area (Å²) in [5, 5.41) is 6.75. The third kappa shape index (κ3) is 4.25. The Morgan fingerprint density at radius 1 is 1.26 bits per heavy atom. The standard InChI is InChI=1S/C18H18FN3O5/c1-18(2)26-16(23)13(17(24)27-18)9-20-14-8-11(19)4-5-15(14)25-10-12-6-7-21-22(12)3/h4-9,20H,10H2,1-3H3. The number of nitrogens with one attached hydrogen (secondary N) is 1. The Morgan fingerprint density at radius 3 is 2.59 bits per heavy atom. The molecule has 0 atom stereocenters. The second kappa shape index (κ2) is 7.10. The predicted octanol–water partition coefficient (Wildman–Crippen LogP) is 2.27. The van der Waals surface area contributed by atoms with Gasteiger partial charge < -0.3 is 19.5 Å². The van der Waals surface area contributed by atoms with Gasteiger partial charge in [0, 0.05) is 39.4 Å². The van der Waals surface area contributed by atoms with Crippen molar-refractivity contribution in [1.82, 2.24) is 9.78 Å². The predicted molar refractivity (Wildman–Crippen MR) is 91.9 cm³/mol. The van der Waals surface area contributed by atoms with Crippen molar-refractivity contribution in [2.45, 2.75) is 26.2 Å². The molecule has 0 amide bonds. The largest absolute Gasteiger partial charge is 0.485 e. The number of hydrogen-bond acceptors (Lipinski definition) is 7. The summed E-state index contributed by atoms with van der Waals surface area (Å²) < 4.78 is 31.0.